The van der Waals surface area contributed by atoms with Crippen molar-refractivity contribution in [1.82, 2.24) is 31.6 Å². The van der Waals surface area contributed by atoms with Gasteiger partial charge >= 0.3 is 12.1 Å². The van der Waals surface area contributed by atoms with Crippen LogP contribution in [0.4, 0.5) is 13.2 Å². The fraction of sp³-hybridized carbons (Fsp3) is 0.120. The average molecular weight is 952 g/mol. The molecule has 0 bridgehead atoms. The van der Waals surface area contributed by atoms with E-state index in [2.05, 4.69) is 42.6 Å². The van der Waals surface area contributed by atoms with Gasteiger partial charge in [0.1, 0.15) is 17.4 Å². The number of rotatable bonds is 13. The Morgan fingerprint density at radius 2 is 1.00 bits per heavy atom. The summed E-state index contributed by atoms with van der Waals surface area (Å²) >= 11 is 0. The number of alkyl halides is 3. The van der Waals surface area contributed by atoms with Crippen LogP contribution in [0, 0.1) is 0 Å². The third-order valence-electron chi connectivity index (χ3n) is 11.4. The topological polar surface area (TPSA) is 280 Å². The van der Waals surface area contributed by atoms with Gasteiger partial charge in [0.15, 0.2) is 5.96 Å². The van der Waals surface area contributed by atoms with Crippen molar-refractivity contribution in [3.8, 4) is 0 Å². The van der Waals surface area contributed by atoms with Crippen LogP contribution >= 0.6 is 0 Å². The zero-order valence-electron chi connectivity index (χ0n) is 36.5. The molecule has 0 radical (unpaired) electrons. The van der Waals surface area contributed by atoms with Gasteiger partial charge in [0.2, 0.25) is 11.8 Å². The van der Waals surface area contributed by atoms with Gasteiger partial charge in [0.05, 0.1) is 6.54 Å². The average Bonchev–Trinajstić information content (AvgIpc) is 3.85. The maximum atomic E-state index is 13.6. The number of amides is 6. The fourth-order valence-electron chi connectivity index (χ4n) is 8.28. The van der Waals surface area contributed by atoms with Crippen molar-refractivity contribution in [1.29, 1.82) is 0 Å². The Morgan fingerprint density at radius 1 is 0.557 bits per heavy atom. The first-order valence-electron chi connectivity index (χ1n) is 21.4. The molecule has 20 heteroatoms. The van der Waals surface area contributed by atoms with Crippen molar-refractivity contribution in [2.45, 2.75) is 12.2 Å². The second kappa shape index (κ2) is 19.5. The minimum absolute atomic E-state index is 0.0188. The predicted octanol–water partition coefficient (Wildman–Crippen LogP) is 5.05. The van der Waals surface area contributed by atoms with Gasteiger partial charge in [-0.2, -0.15) is 18.2 Å². The molecule has 9 aromatic rings. The van der Waals surface area contributed by atoms with Crippen LogP contribution in [0.3, 0.4) is 0 Å². The lowest BCUT2D eigenvalue weighted by atomic mass is 9.92. The number of benzene rings is 8. The van der Waals surface area contributed by atoms with Crippen molar-refractivity contribution in [2.24, 2.45) is 16.5 Å². The largest absolute Gasteiger partial charge is 0.490 e. The van der Waals surface area contributed by atoms with Gasteiger partial charge in [0, 0.05) is 30.8 Å². The van der Waals surface area contributed by atoms with E-state index in [0.29, 0.717) is 11.1 Å². The molecule has 0 spiro atoms. The van der Waals surface area contributed by atoms with Crippen molar-refractivity contribution in [2.75, 3.05) is 26.2 Å². The van der Waals surface area contributed by atoms with Crippen molar-refractivity contribution in [3.63, 3.8) is 0 Å². The lowest BCUT2D eigenvalue weighted by molar-refractivity contribution is -0.192. The van der Waals surface area contributed by atoms with Gasteiger partial charge in [-0.25, -0.2) is 4.79 Å². The molecule has 0 aliphatic carbocycles. The molecule has 1 aromatic heterocycles. The summed E-state index contributed by atoms with van der Waals surface area (Å²) < 4.78 is 31.7. The number of carbonyl (C=O) groups excluding carboxylic acids is 6. The zero-order valence-corrected chi connectivity index (χ0v) is 36.5. The lowest BCUT2D eigenvalue weighted by Gasteiger charge is -2.19. The van der Waals surface area contributed by atoms with Crippen LogP contribution in [0.2, 0.25) is 0 Å². The molecule has 0 saturated heterocycles. The van der Waals surface area contributed by atoms with E-state index < -0.39 is 60.2 Å². The molecule has 354 valence electrons. The molecule has 9 rings (SSSR count). The summed E-state index contributed by atoms with van der Waals surface area (Å²) in [6.07, 6.45) is -5.08. The minimum atomic E-state index is -5.08. The number of nitrogens with two attached hydrogens (primary N) is 2. The number of carboxylic acids is 1. The molecule has 1 atom stereocenters. The SMILES string of the molecule is NC(N)=NC(=O)c1ccc(C(=O)NC[C@H](NC(=O)CNC(=O)c2ccc3ccc4cccc5ccc2c3c45)C(=O)NCCNC(=O)c2ccc3ccc4cccc5ccc2c3c45)[nH]1.O=C(O)C(F)(F)F. The fourth-order valence-corrected chi connectivity index (χ4v) is 8.28. The summed E-state index contributed by atoms with van der Waals surface area (Å²) in [5.41, 5.74) is 11.4. The van der Waals surface area contributed by atoms with Gasteiger partial charge in [-0.15, -0.1) is 0 Å². The number of halogens is 3. The van der Waals surface area contributed by atoms with Crippen LogP contribution in [0.5, 0.6) is 0 Å². The van der Waals surface area contributed by atoms with E-state index in [-0.39, 0.29) is 36.9 Å². The monoisotopic (exact) mass is 951 g/mol. The van der Waals surface area contributed by atoms with Crippen LogP contribution in [0.1, 0.15) is 41.7 Å². The second-order valence-electron chi connectivity index (χ2n) is 15.9. The van der Waals surface area contributed by atoms with E-state index in [4.69, 9.17) is 21.4 Å². The lowest BCUT2D eigenvalue weighted by Crippen LogP contribution is -2.55. The molecule has 0 fully saturated rings. The molecule has 0 aliphatic rings. The number of H-pyrrole nitrogens is 1. The number of nitrogens with zero attached hydrogens (tertiary/aromatic N) is 1. The Balaban J connectivity index is 0.000000876. The Kier molecular flexibility index (Phi) is 13.1. The first kappa shape index (κ1) is 47.2. The highest BCUT2D eigenvalue weighted by molar-refractivity contribution is 6.27. The first-order valence-corrected chi connectivity index (χ1v) is 21.4. The van der Waals surface area contributed by atoms with Gasteiger partial charge < -0.3 is 48.1 Å². The highest BCUT2D eigenvalue weighted by atomic mass is 19.4. The molecular weight excluding hydrogens is 912 g/mol. The smallest absolute Gasteiger partial charge is 0.475 e. The van der Waals surface area contributed by atoms with E-state index in [1.807, 2.05) is 91.0 Å². The second-order valence-corrected chi connectivity index (χ2v) is 15.9. The number of nitrogens with one attached hydrogen (secondary N) is 6. The Bertz CT molecular complexity index is 3540. The molecule has 11 N–H and O–H groups in total. The van der Waals surface area contributed by atoms with Gasteiger partial charge in [0.25, 0.3) is 23.6 Å². The predicted molar refractivity (Wildman–Crippen MR) is 257 cm³/mol. The quantitative estimate of drug-likeness (QED) is 0.0321. The molecule has 0 aliphatic heterocycles. The molecule has 6 amide bonds. The molecule has 17 nitrogen and oxygen atoms in total. The summed E-state index contributed by atoms with van der Waals surface area (Å²) in [6, 6.07) is 36.6. The van der Waals surface area contributed by atoms with E-state index in [1.165, 1.54) is 12.1 Å². The zero-order chi connectivity index (χ0) is 49.9. The van der Waals surface area contributed by atoms with Gasteiger partial charge in [-0.05, 0) is 88.9 Å². The maximum Gasteiger partial charge on any atom is 0.490 e. The van der Waals surface area contributed by atoms with Crippen LogP contribution in [-0.2, 0) is 14.4 Å². The molecule has 0 saturated carbocycles. The van der Waals surface area contributed by atoms with Crippen molar-refractivity contribution >= 4 is 112 Å². The Morgan fingerprint density at radius 3 is 1.50 bits per heavy atom. The summed E-state index contributed by atoms with van der Waals surface area (Å²) in [6.45, 7) is -0.843. The third kappa shape index (κ3) is 9.86. The van der Waals surface area contributed by atoms with Gasteiger partial charge in [-0.1, -0.05) is 97.1 Å². The molecular formula is C50H40F3N9O8. The number of aliphatic imine (C=N–C) groups is 1. The summed E-state index contributed by atoms with van der Waals surface area (Å²) in [4.78, 5) is 94.4. The Labute approximate surface area is 393 Å². The summed E-state index contributed by atoms with van der Waals surface area (Å²) in [7, 11) is 0. The van der Waals surface area contributed by atoms with Crippen LogP contribution in [-0.4, -0.2) is 95.9 Å². The normalized spacial score (nSPS) is 11.8. The molecule has 70 heavy (non-hydrogen) atoms. The number of aromatic amines is 1. The summed E-state index contributed by atoms with van der Waals surface area (Å²) in [5.74, 6) is -6.91. The number of hydrogen-bond acceptors (Lipinski definition) is 7. The number of aromatic nitrogens is 1. The number of aliphatic carboxylic acids is 1. The number of carboxylic acid groups (broad SMARTS) is 1. The maximum absolute atomic E-state index is 13.6. The minimum Gasteiger partial charge on any atom is -0.475 e. The van der Waals surface area contributed by atoms with Crippen molar-refractivity contribution in [3.05, 3.63) is 144 Å². The molecule has 0 unspecified atom stereocenters. The number of hydrogen-bond donors (Lipinski definition) is 9. The third-order valence-corrected chi connectivity index (χ3v) is 11.4. The van der Waals surface area contributed by atoms with E-state index in [0.717, 1.165) is 64.6 Å². The van der Waals surface area contributed by atoms with Crippen molar-refractivity contribution < 1.29 is 51.8 Å². The number of carbonyl (C=O) groups is 7. The van der Waals surface area contributed by atoms with Crippen LogP contribution < -0.4 is 38.1 Å². The summed E-state index contributed by atoms with van der Waals surface area (Å²) in [5, 5.41) is 32.4. The van der Waals surface area contributed by atoms with E-state index in [9.17, 15) is 41.9 Å². The van der Waals surface area contributed by atoms with Crippen LogP contribution in [0.15, 0.2) is 126 Å². The highest BCUT2D eigenvalue weighted by Crippen LogP contribution is 2.37. The standard InChI is InChI=1S/C48H39N9O6.C2HF3O2/c49-48(50)57-47(63)36-20-19-35(55-36)45(61)53-23-37(56-38(58)24-54-44(60)34-18-14-30-10-8-26-4-2-6-28-12-16-32(34)42(30)40(26)28)46(62)52-22-21-51-43(59)33-17-13-29-9-7-25-3-1-5-27-11-15-31(33)41(29)39(25)27;3-2(4,5)1(6)7/h1-20,37,55H,21-24H2,(H,51,59)(H,52,62)(H,53,61)(H,54,60)(H,56,58)(H4,49,50,57,63);(H,6,7)/t37-;/m0./s1. The first-order chi connectivity index (χ1) is 33.5. The molecule has 1 heterocycles. The number of guanidine groups is 1. The highest BCUT2D eigenvalue weighted by Gasteiger charge is 2.38. The molecule has 8 aromatic carbocycles. The Hall–Kier alpha value is -9.33. The van der Waals surface area contributed by atoms with Gasteiger partial charge in [-0.3, -0.25) is 28.8 Å². The van der Waals surface area contributed by atoms with E-state index in [1.54, 1.807) is 12.1 Å². The van der Waals surface area contributed by atoms with Crippen LogP contribution in [0.25, 0.3) is 64.6 Å². The van der Waals surface area contributed by atoms with E-state index >= 15 is 0 Å².